The number of ether oxygens (including phenoxy) is 1. The van der Waals surface area contributed by atoms with E-state index in [1.165, 1.54) is 18.2 Å². The van der Waals surface area contributed by atoms with Crippen LogP contribution < -0.4 is 9.64 Å². The Labute approximate surface area is 171 Å². The Morgan fingerprint density at radius 2 is 1.97 bits per heavy atom. The van der Waals surface area contributed by atoms with Crippen LogP contribution in [0.2, 0.25) is 0 Å². The Balaban J connectivity index is 1.55. The van der Waals surface area contributed by atoms with Gasteiger partial charge in [0.25, 0.3) is 5.91 Å². The molecule has 1 aromatic heterocycles. The first-order valence-corrected chi connectivity index (χ1v) is 9.62. The van der Waals surface area contributed by atoms with Crippen LogP contribution in [-0.4, -0.2) is 47.8 Å². The zero-order valence-corrected chi connectivity index (χ0v) is 16.0. The number of alkyl halides is 3. The van der Waals surface area contributed by atoms with E-state index < -0.39 is 18.0 Å². The molecule has 2 aromatic rings. The molecule has 6 nitrogen and oxygen atoms in total. The number of para-hydroxylation sites is 1. The second kappa shape index (κ2) is 7.86. The maximum absolute atomic E-state index is 13.0. The van der Waals surface area contributed by atoms with E-state index in [0.29, 0.717) is 30.4 Å². The number of halogens is 3. The molecule has 0 saturated carbocycles. The molecule has 0 unspecified atom stereocenters. The Bertz CT molecular complexity index is 989. The summed E-state index contributed by atoms with van der Waals surface area (Å²) in [6.45, 7) is 1.61. The van der Waals surface area contributed by atoms with E-state index in [-0.39, 0.29) is 11.6 Å². The quantitative estimate of drug-likeness (QED) is 0.765. The fourth-order valence-corrected chi connectivity index (χ4v) is 4.28. The number of aromatic nitrogens is 1. The van der Waals surface area contributed by atoms with Crippen LogP contribution in [0.4, 0.5) is 19.0 Å². The van der Waals surface area contributed by atoms with Crippen LogP contribution in [0.15, 0.2) is 42.6 Å². The zero-order chi connectivity index (χ0) is 21.3. The number of nitrogens with zero attached hydrogens (tertiary/aromatic N) is 4. The number of hydrogen-bond acceptors (Lipinski definition) is 5. The molecule has 0 bridgehead atoms. The molecule has 1 aromatic carbocycles. The molecule has 2 atom stereocenters. The molecule has 0 N–H and O–H groups in total. The molecule has 0 radical (unpaired) electrons. The number of rotatable bonds is 3. The number of nitriles is 1. The number of piperidine rings is 1. The number of pyridine rings is 1. The first-order valence-electron chi connectivity index (χ1n) is 9.62. The van der Waals surface area contributed by atoms with E-state index in [9.17, 15) is 18.0 Å². The lowest BCUT2D eigenvalue weighted by molar-refractivity contribution is -0.274. The number of benzene rings is 1. The molecule has 0 aliphatic carbocycles. The van der Waals surface area contributed by atoms with Crippen LogP contribution in [0.1, 0.15) is 28.8 Å². The van der Waals surface area contributed by atoms with Gasteiger partial charge in [-0.15, -0.1) is 13.2 Å². The number of anilines is 1. The maximum Gasteiger partial charge on any atom is 0.573 e. The van der Waals surface area contributed by atoms with E-state index in [1.807, 2.05) is 0 Å². The van der Waals surface area contributed by atoms with Gasteiger partial charge in [0, 0.05) is 25.8 Å². The van der Waals surface area contributed by atoms with Gasteiger partial charge in [0.05, 0.1) is 23.2 Å². The Morgan fingerprint density at radius 3 is 2.73 bits per heavy atom. The van der Waals surface area contributed by atoms with Gasteiger partial charge in [-0.05, 0) is 43.0 Å². The summed E-state index contributed by atoms with van der Waals surface area (Å²) in [5.41, 5.74) is 0.396. The molecular weight excluding hydrogens is 397 g/mol. The van der Waals surface area contributed by atoms with Gasteiger partial charge < -0.3 is 14.5 Å². The van der Waals surface area contributed by atoms with Crippen molar-refractivity contribution >= 4 is 11.7 Å². The summed E-state index contributed by atoms with van der Waals surface area (Å²) in [5.74, 6) is 0.0580. The lowest BCUT2D eigenvalue weighted by Crippen LogP contribution is -2.50. The normalized spacial score (nSPS) is 21.1. The largest absolute Gasteiger partial charge is 0.573 e. The fraction of sp³-hybridized carbons (Fsp3) is 0.381. The van der Waals surface area contributed by atoms with E-state index in [1.54, 1.807) is 23.2 Å². The monoisotopic (exact) mass is 416 g/mol. The Hall–Kier alpha value is -3.28. The second-order valence-corrected chi connectivity index (χ2v) is 7.41. The lowest BCUT2D eigenvalue weighted by Gasteiger charge is -2.39. The Kier molecular flexibility index (Phi) is 5.24. The molecule has 2 saturated heterocycles. The molecule has 9 heteroatoms. The summed E-state index contributed by atoms with van der Waals surface area (Å²) in [7, 11) is 0. The summed E-state index contributed by atoms with van der Waals surface area (Å²) in [4.78, 5) is 21.1. The maximum atomic E-state index is 13.0. The van der Waals surface area contributed by atoms with E-state index in [0.717, 1.165) is 25.5 Å². The topological polar surface area (TPSA) is 69.5 Å². The van der Waals surface area contributed by atoms with E-state index in [4.69, 9.17) is 5.26 Å². The van der Waals surface area contributed by atoms with Gasteiger partial charge in [0.2, 0.25) is 0 Å². The standard InChI is InChI=1S/C21H19F3N4O2/c22-21(23,24)30-18-4-2-1-3-16(18)20(29)27-9-6-15-7-10-28(17(15)13-27)19-11-14(12-25)5-8-26-19/h1-5,8,11,15,17H,6-7,9-10,13H2/t15-,17-/m1/s1. The summed E-state index contributed by atoms with van der Waals surface area (Å²) in [5, 5.41) is 9.14. The number of likely N-dealkylation sites (tertiary alicyclic amines) is 1. The number of carbonyl (C=O) groups excluding carboxylic acids is 1. The van der Waals surface area contributed by atoms with Gasteiger partial charge >= 0.3 is 6.36 Å². The second-order valence-electron chi connectivity index (χ2n) is 7.41. The average Bonchev–Trinajstić information content (AvgIpc) is 3.16. The molecule has 0 spiro atoms. The molecule has 156 valence electrons. The van der Waals surface area contributed by atoms with Crippen LogP contribution >= 0.6 is 0 Å². The van der Waals surface area contributed by atoms with Gasteiger partial charge in [0.1, 0.15) is 11.6 Å². The van der Waals surface area contributed by atoms with Crippen LogP contribution in [0.3, 0.4) is 0 Å². The average molecular weight is 416 g/mol. The van der Waals surface area contributed by atoms with Gasteiger partial charge in [0.15, 0.2) is 0 Å². The predicted octanol–water partition coefficient (Wildman–Crippen LogP) is 3.59. The van der Waals surface area contributed by atoms with E-state index >= 15 is 0 Å². The van der Waals surface area contributed by atoms with Crippen molar-refractivity contribution in [1.82, 2.24) is 9.88 Å². The van der Waals surface area contributed by atoms with Crippen molar-refractivity contribution in [3.63, 3.8) is 0 Å². The van der Waals surface area contributed by atoms with Crippen LogP contribution in [0.25, 0.3) is 0 Å². The number of fused-ring (bicyclic) bond motifs is 1. The molecule has 2 aliphatic rings. The first kappa shape index (κ1) is 20.0. The summed E-state index contributed by atoms with van der Waals surface area (Å²) in [6.07, 6.45) is -1.59. The van der Waals surface area contributed by atoms with Crippen LogP contribution in [0, 0.1) is 17.2 Å². The molecule has 30 heavy (non-hydrogen) atoms. The minimum atomic E-state index is -4.87. The third-order valence-electron chi connectivity index (χ3n) is 5.66. The van der Waals surface area contributed by atoms with Gasteiger partial charge in [-0.3, -0.25) is 4.79 Å². The Morgan fingerprint density at radius 1 is 1.20 bits per heavy atom. The first-order chi connectivity index (χ1) is 14.4. The smallest absolute Gasteiger partial charge is 0.405 e. The van der Waals surface area contributed by atoms with Crippen molar-refractivity contribution in [3.05, 3.63) is 53.7 Å². The van der Waals surface area contributed by atoms with Crippen molar-refractivity contribution in [2.75, 3.05) is 24.5 Å². The number of amides is 1. The third kappa shape index (κ3) is 4.03. The van der Waals surface area contributed by atoms with Crippen LogP contribution in [-0.2, 0) is 0 Å². The fourth-order valence-electron chi connectivity index (χ4n) is 4.28. The third-order valence-corrected chi connectivity index (χ3v) is 5.66. The van der Waals surface area contributed by atoms with Gasteiger partial charge in [-0.2, -0.15) is 5.26 Å². The van der Waals surface area contributed by atoms with Gasteiger partial charge in [-0.25, -0.2) is 4.98 Å². The summed E-state index contributed by atoms with van der Waals surface area (Å²) < 4.78 is 42.2. The van der Waals surface area contributed by atoms with Crippen LogP contribution in [0.5, 0.6) is 5.75 Å². The van der Waals surface area contributed by atoms with Crippen molar-refractivity contribution in [3.8, 4) is 11.8 Å². The lowest BCUT2D eigenvalue weighted by atomic mass is 9.91. The van der Waals surface area contributed by atoms with Crippen molar-refractivity contribution in [1.29, 1.82) is 5.26 Å². The van der Waals surface area contributed by atoms with E-state index in [2.05, 4.69) is 20.7 Å². The minimum absolute atomic E-state index is 0.000149. The molecule has 2 fully saturated rings. The minimum Gasteiger partial charge on any atom is -0.405 e. The highest BCUT2D eigenvalue weighted by Gasteiger charge is 2.41. The van der Waals surface area contributed by atoms with Crippen molar-refractivity contribution in [2.24, 2.45) is 5.92 Å². The highest BCUT2D eigenvalue weighted by Crippen LogP contribution is 2.36. The van der Waals surface area contributed by atoms with Gasteiger partial charge in [-0.1, -0.05) is 12.1 Å². The number of hydrogen-bond donors (Lipinski definition) is 0. The molecule has 4 rings (SSSR count). The predicted molar refractivity (Wildman–Crippen MR) is 102 cm³/mol. The zero-order valence-electron chi connectivity index (χ0n) is 16.0. The summed E-state index contributed by atoms with van der Waals surface area (Å²) >= 11 is 0. The molecule has 1 amide bonds. The molecular formula is C21H19F3N4O2. The SMILES string of the molecule is N#Cc1ccnc(N2CC[C@H]3CCN(C(=O)c4ccccc4OC(F)(F)F)C[C@H]32)c1. The number of carbonyl (C=O) groups is 1. The van der Waals surface area contributed by atoms with Crippen molar-refractivity contribution in [2.45, 2.75) is 25.2 Å². The highest BCUT2D eigenvalue weighted by atomic mass is 19.4. The summed E-state index contributed by atoms with van der Waals surface area (Å²) in [6, 6.07) is 10.9. The molecule has 3 heterocycles. The molecule has 2 aliphatic heterocycles. The van der Waals surface area contributed by atoms with Crippen molar-refractivity contribution < 1.29 is 22.7 Å². The highest BCUT2D eigenvalue weighted by molar-refractivity contribution is 5.97.